The summed E-state index contributed by atoms with van der Waals surface area (Å²) >= 11 is 11.4. The van der Waals surface area contributed by atoms with Crippen LogP contribution in [0.1, 0.15) is 11.1 Å². The largest absolute Gasteiger partial charge is 0.454 e. The molecule has 2 aromatic carbocycles. The molecule has 1 heterocycles. The maximum Gasteiger partial charge on any atom is 0.163 e. The number of ether oxygens (including phenoxy) is 1. The normalized spacial score (nSPS) is 10.8. The molecule has 0 atom stereocenters. The van der Waals surface area contributed by atoms with Gasteiger partial charge in [0.2, 0.25) is 0 Å². The van der Waals surface area contributed by atoms with Crippen molar-refractivity contribution < 1.29 is 4.74 Å². The first-order valence-corrected chi connectivity index (χ1v) is 8.84. The third-order valence-electron chi connectivity index (χ3n) is 3.45. The van der Waals surface area contributed by atoms with Gasteiger partial charge in [-0.15, -0.1) is 34.0 Å². The van der Waals surface area contributed by atoms with E-state index in [1.807, 2.05) is 36.4 Å². The Bertz CT molecular complexity index is 755. The Balaban J connectivity index is 0.00000169. The minimum absolute atomic E-state index is 0. The molecule has 0 saturated carbocycles. The van der Waals surface area contributed by atoms with Gasteiger partial charge in [0.05, 0.1) is 9.79 Å². The van der Waals surface area contributed by atoms with E-state index in [9.17, 15) is 0 Å². The lowest BCUT2D eigenvalue weighted by molar-refractivity contribution is 0.441. The second kappa shape index (κ2) is 10.3. The predicted octanol–water partition coefficient (Wildman–Crippen LogP) is 3.77. The summed E-state index contributed by atoms with van der Waals surface area (Å²) in [6, 6.07) is 12.0. The van der Waals surface area contributed by atoms with Crippen molar-refractivity contribution in [3.05, 3.63) is 47.5 Å². The van der Waals surface area contributed by atoms with Crippen molar-refractivity contribution in [1.82, 2.24) is 10.6 Å². The SMILES string of the molecule is Br.Br.NC(=S)NCc1cccc2c1Oc1c(CNC(N)=S)cccc1S2. The molecule has 0 saturated heterocycles. The molecule has 0 bridgehead atoms. The molecule has 5 nitrogen and oxygen atoms in total. The van der Waals surface area contributed by atoms with E-state index in [0.717, 1.165) is 32.4 Å². The maximum atomic E-state index is 6.24. The smallest absolute Gasteiger partial charge is 0.163 e. The van der Waals surface area contributed by atoms with E-state index in [4.69, 9.17) is 40.6 Å². The van der Waals surface area contributed by atoms with Crippen molar-refractivity contribution >= 4 is 80.4 Å². The minimum Gasteiger partial charge on any atom is -0.454 e. The molecule has 0 aliphatic carbocycles. The molecular formula is C16H18Br2N4OS3. The number of hydrogen-bond acceptors (Lipinski definition) is 4. The topological polar surface area (TPSA) is 85.3 Å². The van der Waals surface area contributed by atoms with Crippen LogP contribution in [0.5, 0.6) is 11.5 Å². The van der Waals surface area contributed by atoms with Crippen LogP contribution >= 0.6 is 70.2 Å². The van der Waals surface area contributed by atoms with Crippen molar-refractivity contribution in [1.29, 1.82) is 0 Å². The van der Waals surface area contributed by atoms with Gasteiger partial charge >= 0.3 is 0 Å². The molecule has 26 heavy (non-hydrogen) atoms. The molecule has 0 radical (unpaired) electrons. The lowest BCUT2D eigenvalue weighted by Crippen LogP contribution is -2.29. The molecule has 0 amide bonds. The van der Waals surface area contributed by atoms with Crippen molar-refractivity contribution in [2.24, 2.45) is 11.5 Å². The first-order valence-electron chi connectivity index (χ1n) is 7.20. The summed E-state index contributed by atoms with van der Waals surface area (Å²) < 4.78 is 6.24. The molecule has 0 aromatic heterocycles. The Morgan fingerprint density at radius 1 is 0.846 bits per heavy atom. The zero-order valence-corrected chi connectivity index (χ0v) is 19.4. The molecule has 1 aliphatic rings. The highest BCUT2D eigenvalue weighted by atomic mass is 79.9. The third-order valence-corrected chi connectivity index (χ3v) is 4.82. The van der Waals surface area contributed by atoms with E-state index in [1.54, 1.807) is 11.8 Å². The fraction of sp³-hybridized carbons (Fsp3) is 0.125. The van der Waals surface area contributed by atoms with Crippen LogP contribution in [0.3, 0.4) is 0 Å². The van der Waals surface area contributed by atoms with Crippen LogP contribution in [0.15, 0.2) is 46.2 Å². The number of halogens is 2. The average molecular weight is 538 g/mol. The molecule has 10 heteroatoms. The number of nitrogens with two attached hydrogens (primary N) is 2. The number of nitrogens with one attached hydrogen (secondary N) is 2. The van der Waals surface area contributed by atoms with Gasteiger partial charge in [-0.3, -0.25) is 0 Å². The molecule has 1 aliphatic heterocycles. The summed E-state index contributed by atoms with van der Waals surface area (Å²) in [6.45, 7) is 1.03. The van der Waals surface area contributed by atoms with Gasteiger partial charge in [0, 0.05) is 24.2 Å². The van der Waals surface area contributed by atoms with Crippen LogP contribution in [-0.2, 0) is 13.1 Å². The Morgan fingerprint density at radius 2 is 1.27 bits per heavy atom. The third kappa shape index (κ3) is 5.46. The first-order chi connectivity index (χ1) is 11.5. The first kappa shape index (κ1) is 23.0. The summed E-state index contributed by atoms with van der Waals surface area (Å²) in [5, 5.41) is 6.45. The highest BCUT2D eigenvalue weighted by molar-refractivity contribution is 8.93. The maximum absolute atomic E-state index is 6.24. The van der Waals surface area contributed by atoms with E-state index in [2.05, 4.69) is 10.6 Å². The molecule has 6 N–H and O–H groups in total. The van der Waals surface area contributed by atoms with E-state index < -0.39 is 0 Å². The van der Waals surface area contributed by atoms with Gasteiger partial charge < -0.3 is 26.8 Å². The number of hydrogen-bond donors (Lipinski definition) is 4. The van der Waals surface area contributed by atoms with E-state index >= 15 is 0 Å². The Labute approximate surface area is 188 Å². The van der Waals surface area contributed by atoms with E-state index in [-0.39, 0.29) is 44.2 Å². The standard InChI is InChI=1S/C16H16N4OS3.2BrH/c17-15(22)19-7-9-3-1-5-11-13(9)21-14-10(8-20-16(18)23)4-2-6-12(14)24-11;;/h1-6H,7-8H2,(H3,17,19,22)(H3,18,20,23);2*1H. The molecular weight excluding hydrogens is 520 g/mol. The number of rotatable bonds is 4. The molecule has 0 spiro atoms. The molecule has 2 aromatic rings. The molecule has 140 valence electrons. The Morgan fingerprint density at radius 3 is 1.65 bits per heavy atom. The van der Waals surface area contributed by atoms with Gasteiger partial charge in [0.1, 0.15) is 11.5 Å². The van der Waals surface area contributed by atoms with E-state index in [0.29, 0.717) is 13.1 Å². The van der Waals surface area contributed by atoms with Crippen molar-refractivity contribution in [2.45, 2.75) is 22.9 Å². The quantitative estimate of drug-likeness (QED) is 0.374. The summed E-state index contributed by atoms with van der Waals surface area (Å²) in [5.41, 5.74) is 13.0. The van der Waals surface area contributed by atoms with Crippen molar-refractivity contribution in [2.75, 3.05) is 0 Å². The van der Waals surface area contributed by atoms with Crippen LogP contribution in [0.2, 0.25) is 0 Å². The fourth-order valence-electron chi connectivity index (χ4n) is 2.38. The zero-order valence-electron chi connectivity index (χ0n) is 13.5. The average Bonchev–Trinajstić information content (AvgIpc) is 2.56. The monoisotopic (exact) mass is 536 g/mol. The van der Waals surface area contributed by atoms with Gasteiger partial charge in [0.15, 0.2) is 10.2 Å². The van der Waals surface area contributed by atoms with Crippen molar-refractivity contribution in [3.63, 3.8) is 0 Å². The van der Waals surface area contributed by atoms with Crippen molar-refractivity contribution in [3.8, 4) is 11.5 Å². The fourth-order valence-corrected chi connectivity index (χ4v) is 3.58. The second-order valence-electron chi connectivity index (χ2n) is 5.13. The number of para-hydroxylation sites is 2. The second-order valence-corrected chi connectivity index (χ2v) is 7.09. The number of fused-ring (bicyclic) bond motifs is 2. The summed E-state index contributed by atoms with van der Waals surface area (Å²) in [4.78, 5) is 2.12. The van der Waals surface area contributed by atoms with Crippen LogP contribution in [-0.4, -0.2) is 10.2 Å². The zero-order chi connectivity index (χ0) is 17.1. The van der Waals surface area contributed by atoms with Crippen LogP contribution < -0.4 is 26.8 Å². The van der Waals surface area contributed by atoms with Crippen LogP contribution in [0.25, 0.3) is 0 Å². The van der Waals surface area contributed by atoms with Gasteiger partial charge in [-0.05, 0) is 36.6 Å². The molecule has 0 unspecified atom stereocenters. The van der Waals surface area contributed by atoms with Gasteiger partial charge in [-0.25, -0.2) is 0 Å². The van der Waals surface area contributed by atoms with E-state index in [1.165, 1.54) is 0 Å². The van der Waals surface area contributed by atoms with Gasteiger partial charge in [-0.2, -0.15) is 0 Å². The molecule has 0 fully saturated rings. The summed E-state index contributed by atoms with van der Waals surface area (Å²) in [7, 11) is 0. The lowest BCUT2D eigenvalue weighted by atomic mass is 10.1. The Kier molecular flexibility index (Phi) is 9.11. The highest BCUT2D eigenvalue weighted by Gasteiger charge is 2.22. The predicted molar refractivity (Wildman–Crippen MR) is 125 cm³/mol. The highest BCUT2D eigenvalue weighted by Crippen LogP contribution is 2.49. The Hall–Kier alpha value is -1.07. The number of benzene rings is 2. The lowest BCUT2D eigenvalue weighted by Gasteiger charge is -2.24. The van der Waals surface area contributed by atoms with Crippen LogP contribution in [0, 0.1) is 0 Å². The number of thiocarbonyl (C=S) groups is 2. The summed E-state index contributed by atoms with van der Waals surface area (Å²) in [5.74, 6) is 1.64. The van der Waals surface area contributed by atoms with Gasteiger partial charge in [0.25, 0.3) is 0 Å². The summed E-state index contributed by atoms with van der Waals surface area (Å²) in [6.07, 6.45) is 0. The minimum atomic E-state index is 0. The molecule has 3 rings (SSSR count). The van der Waals surface area contributed by atoms with Crippen LogP contribution in [0.4, 0.5) is 0 Å². The van der Waals surface area contributed by atoms with Gasteiger partial charge in [-0.1, -0.05) is 36.0 Å².